The Balaban J connectivity index is 1.86. The summed E-state index contributed by atoms with van der Waals surface area (Å²) in [4.78, 5) is 14.7. The molecule has 0 amide bonds. The molecule has 0 spiro atoms. The van der Waals surface area contributed by atoms with Gasteiger partial charge in [0.15, 0.2) is 5.78 Å². The molecule has 2 rings (SSSR count). The van der Waals surface area contributed by atoms with Gasteiger partial charge in [0, 0.05) is 18.7 Å². The zero-order valence-corrected chi connectivity index (χ0v) is 13.7. The molecule has 0 N–H and O–H groups in total. The minimum absolute atomic E-state index is 0.116. The Kier molecular flexibility index (Phi) is 5.54. The molecular weight excluding hydrogens is 262 g/mol. The van der Waals surface area contributed by atoms with Gasteiger partial charge < -0.3 is 4.74 Å². The first kappa shape index (κ1) is 16.2. The van der Waals surface area contributed by atoms with Crippen LogP contribution in [0.2, 0.25) is 0 Å². The summed E-state index contributed by atoms with van der Waals surface area (Å²) in [6.07, 6.45) is 2.63. The highest BCUT2D eigenvalue weighted by atomic mass is 16.5. The molecule has 0 aromatic heterocycles. The number of Topliss-reactive ketones (excluding diaryl/α,β-unsaturated/α-hetero) is 1. The third-order valence-corrected chi connectivity index (χ3v) is 4.34. The van der Waals surface area contributed by atoms with Crippen LogP contribution in [0.3, 0.4) is 0 Å². The Morgan fingerprint density at radius 2 is 2.10 bits per heavy atom. The highest BCUT2D eigenvalue weighted by molar-refractivity contribution is 6.01. The van der Waals surface area contributed by atoms with Gasteiger partial charge >= 0.3 is 0 Å². The predicted octanol–water partition coefficient (Wildman–Crippen LogP) is 3.23. The van der Waals surface area contributed by atoms with Crippen molar-refractivity contribution in [2.45, 2.75) is 39.7 Å². The maximum Gasteiger partial charge on any atom is 0.179 e. The number of rotatable bonds is 8. The molecule has 0 bridgehead atoms. The number of benzene rings is 1. The molecule has 1 fully saturated rings. The van der Waals surface area contributed by atoms with Crippen LogP contribution in [0.25, 0.3) is 0 Å². The lowest BCUT2D eigenvalue weighted by Crippen LogP contribution is -2.38. The van der Waals surface area contributed by atoms with E-state index in [9.17, 15) is 4.79 Å². The van der Waals surface area contributed by atoms with Gasteiger partial charge in [0.25, 0.3) is 0 Å². The lowest BCUT2D eigenvalue weighted by molar-refractivity contribution is 0.0748. The molecule has 0 aliphatic heterocycles. The first-order valence-corrected chi connectivity index (χ1v) is 7.88. The van der Waals surface area contributed by atoms with Gasteiger partial charge in [-0.05, 0) is 58.2 Å². The van der Waals surface area contributed by atoms with Crippen LogP contribution in [-0.4, -0.2) is 43.5 Å². The molecule has 0 heterocycles. The fraction of sp³-hybridized carbons (Fsp3) is 0.611. The average Bonchev–Trinajstić information content (AvgIpc) is 3.28. The van der Waals surface area contributed by atoms with E-state index in [1.165, 1.54) is 12.8 Å². The summed E-state index contributed by atoms with van der Waals surface area (Å²) in [7, 11) is 1.99. The average molecular weight is 289 g/mol. The largest absolute Gasteiger partial charge is 0.380 e. The van der Waals surface area contributed by atoms with Crippen molar-refractivity contribution in [2.75, 3.05) is 26.8 Å². The summed E-state index contributed by atoms with van der Waals surface area (Å²) in [5, 5.41) is 0. The van der Waals surface area contributed by atoms with Crippen LogP contribution in [0.5, 0.6) is 0 Å². The molecule has 1 aliphatic carbocycles. The Morgan fingerprint density at radius 3 is 2.76 bits per heavy atom. The molecule has 1 unspecified atom stereocenters. The number of ketones is 1. The highest BCUT2D eigenvalue weighted by Gasteiger charge is 2.23. The predicted molar refractivity (Wildman–Crippen MR) is 85.9 cm³/mol. The van der Waals surface area contributed by atoms with Crippen LogP contribution < -0.4 is 0 Å². The van der Waals surface area contributed by atoms with Crippen molar-refractivity contribution in [1.29, 1.82) is 0 Å². The minimum atomic E-state index is -0.116. The van der Waals surface area contributed by atoms with Gasteiger partial charge in [-0.25, -0.2) is 0 Å². The molecule has 1 aliphatic rings. The number of carbonyl (C=O) groups excluding carboxylic acids is 1. The van der Waals surface area contributed by atoms with E-state index < -0.39 is 0 Å². The van der Waals surface area contributed by atoms with Crippen LogP contribution >= 0.6 is 0 Å². The maximum atomic E-state index is 12.6. The van der Waals surface area contributed by atoms with Crippen molar-refractivity contribution in [3.05, 3.63) is 34.9 Å². The van der Waals surface area contributed by atoms with Crippen LogP contribution in [0.15, 0.2) is 18.2 Å². The summed E-state index contributed by atoms with van der Waals surface area (Å²) >= 11 is 0. The second kappa shape index (κ2) is 7.19. The number of ether oxygens (including phenoxy) is 1. The third-order valence-electron chi connectivity index (χ3n) is 4.34. The van der Waals surface area contributed by atoms with Crippen molar-refractivity contribution in [3.8, 4) is 0 Å². The highest BCUT2D eigenvalue weighted by Crippen LogP contribution is 2.28. The summed E-state index contributed by atoms with van der Waals surface area (Å²) in [6.45, 7) is 8.38. The monoisotopic (exact) mass is 289 g/mol. The summed E-state index contributed by atoms with van der Waals surface area (Å²) in [5.41, 5.74) is 3.02. The molecule has 21 heavy (non-hydrogen) atoms. The fourth-order valence-electron chi connectivity index (χ4n) is 2.36. The molecule has 1 aromatic rings. The van der Waals surface area contributed by atoms with Crippen molar-refractivity contribution < 1.29 is 9.53 Å². The minimum Gasteiger partial charge on any atom is -0.380 e. The number of carbonyl (C=O) groups is 1. The first-order chi connectivity index (χ1) is 9.99. The molecule has 1 atom stereocenters. The van der Waals surface area contributed by atoms with E-state index in [0.717, 1.165) is 35.8 Å². The summed E-state index contributed by atoms with van der Waals surface area (Å²) in [5.74, 6) is 0.991. The second-order valence-electron chi connectivity index (χ2n) is 6.36. The van der Waals surface area contributed by atoms with Gasteiger partial charge in [0.1, 0.15) is 0 Å². The van der Waals surface area contributed by atoms with Gasteiger partial charge in [-0.3, -0.25) is 9.69 Å². The normalized spacial score (nSPS) is 16.2. The topological polar surface area (TPSA) is 29.5 Å². The number of hydrogen-bond donors (Lipinski definition) is 0. The summed E-state index contributed by atoms with van der Waals surface area (Å²) in [6, 6.07) is 5.95. The van der Waals surface area contributed by atoms with E-state index in [1.54, 1.807) is 0 Å². The van der Waals surface area contributed by atoms with Crippen molar-refractivity contribution in [3.63, 3.8) is 0 Å². The number of aryl methyl sites for hydroxylation is 2. The van der Waals surface area contributed by atoms with E-state index >= 15 is 0 Å². The molecular formula is C18H27NO2. The van der Waals surface area contributed by atoms with Crippen LogP contribution in [0.4, 0.5) is 0 Å². The molecule has 1 saturated carbocycles. The number of hydrogen-bond acceptors (Lipinski definition) is 3. The molecule has 3 heteroatoms. The quantitative estimate of drug-likeness (QED) is 0.543. The van der Waals surface area contributed by atoms with E-state index in [1.807, 2.05) is 46.0 Å². The Hall–Kier alpha value is -1.19. The van der Waals surface area contributed by atoms with Crippen LogP contribution in [0, 0.1) is 19.8 Å². The Morgan fingerprint density at radius 1 is 1.38 bits per heavy atom. The Bertz CT molecular complexity index is 494. The second-order valence-corrected chi connectivity index (χ2v) is 6.36. The third kappa shape index (κ3) is 4.65. The summed E-state index contributed by atoms with van der Waals surface area (Å²) < 4.78 is 5.65. The molecule has 0 saturated heterocycles. The molecule has 0 radical (unpaired) electrons. The van der Waals surface area contributed by atoms with Crippen molar-refractivity contribution in [2.24, 2.45) is 5.92 Å². The molecule has 1 aromatic carbocycles. The maximum absolute atomic E-state index is 12.6. The van der Waals surface area contributed by atoms with Gasteiger partial charge in [-0.1, -0.05) is 17.7 Å². The number of likely N-dealkylation sites (N-methyl/N-ethyl adjacent to an activating group) is 1. The van der Waals surface area contributed by atoms with E-state index in [2.05, 4.69) is 4.90 Å². The van der Waals surface area contributed by atoms with Crippen LogP contribution in [0.1, 0.15) is 41.3 Å². The van der Waals surface area contributed by atoms with Gasteiger partial charge in [-0.2, -0.15) is 0 Å². The van der Waals surface area contributed by atoms with E-state index in [-0.39, 0.29) is 11.8 Å². The number of nitrogens with zero attached hydrogens (tertiary/aromatic N) is 1. The molecule has 3 nitrogen and oxygen atoms in total. The Labute approximate surface area is 128 Å². The van der Waals surface area contributed by atoms with Crippen molar-refractivity contribution >= 4 is 5.78 Å². The lowest BCUT2D eigenvalue weighted by Gasteiger charge is -2.24. The zero-order valence-electron chi connectivity index (χ0n) is 13.7. The zero-order chi connectivity index (χ0) is 15.4. The SMILES string of the molecule is Cc1ccc(C)c(C(=O)C(C)N(C)CCOCC2CC2)c1. The molecule has 116 valence electrons. The van der Waals surface area contributed by atoms with E-state index in [0.29, 0.717) is 6.61 Å². The van der Waals surface area contributed by atoms with Crippen molar-refractivity contribution in [1.82, 2.24) is 4.90 Å². The van der Waals surface area contributed by atoms with E-state index in [4.69, 9.17) is 4.74 Å². The van der Waals surface area contributed by atoms with Gasteiger partial charge in [0.2, 0.25) is 0 Å². The fourth-order valence-corrected chi connectivity index (χ4v) is 2.36. The smallest absolute Gasteiger partial charge is 0.179 e. The first-order valence-electron chi connectivity index (χ1n) is 7.88. The standard InChI is InChI=1S/C18H27NO2/c1-13-5-6-14(2)17(11-13)18(20)15(3)19(4)9-10-21-12-16-7-8-16/h5-6,11,15-16H,7-10,12H2,1-4H3. The van der Waals surface area contributed by atoms with Gasteiger partial charge in [0.05, 0.1) is 12.6 Å². The lowest BCUT2D eigenvalue weighted by atomic mass is 9.98. The van der Waals surface area contributed by atoms with Gasteiger partial charge in [-0.15, -0.1) is 0 Å². The van der Waals surface area contributed by atoms with Crippen LogP contribution in [-0.2, 0) is 4.74 Å².